The van der Waals surface area contributed by atoms with Gasteiger partial charge >= 0.3 is 0 Å². The zero-order valence-electron chi connectivity index (χ0n) is 12.0. The third-order valence-corrected chi connectivity index (χ3v) is 3.96. The molecule has 0 radical (unpaired) electrons. The van der Waals surface area contributed by atoms with Crippen molar-refractivity contribution < 1.29 is 55.1 Å². The molecule has 23 heavy (non-hydrogen) atoms. The molecule has 11 nitrogen and oxygen atoms in total. The second-order valence-electron chi connectivity index (χ2n) is 5.53. The molecular formula is C12H22O11. The minimum atomic E-state index is -1.71. The number of aliphatic hydroxyl groups is 8. The van der Waals surface area contributed by atoms with Gasteiger partial charge in [0.05, 0.1) is 13.2 Å². The molecule has 0 aromatic rings. The first kappa shape index (κ1) is 18.9. The standard InChI is InChI=1S/C12H22O11/c13-1-3(15)9-8(19)10(11(20)22-9)23-12-7(18)6(17)5(16)4(2-14)21-12/h3-20H,1-2H2/t3-,4-,5-,6+,7-,8+,9+,10-,11-,12-/m1/s1. The van der Waals surface area contributed by atoms with Gasteiger partial charge in [-0.15, -0.1) is 0 Å². The second kappa shape index (κ2) is 7.63. The van der Waals surface area contributed by atoms with Crippen LogP contribution in [-0.2, 0) is 14.2 Å². The molecule has 0 bridgehead atoms. The third kappa shape index (κ3) is 3.65. The Morgan fingerprint density at radius 3 is 2.09 bits per heavy atom. The van der Waals surface area contributed by atoms with Gasteiger partial charge in [-0.3, -0.25) is 0 Å². The van der Waals surface area contributed by atoms with Gasteiger partial charge in [-0.2, -0.15) is 0 Å². The summed E-state index contributed by atoms with van der Waals surface area (Å²) in [7, 11) is 0. The highest BCUT2D eigenvalue weighted by Gasteiger charge is 2.51. The van der Waals surface area contributed by atoms with Crippen LogP contribution in [0.25, 0.3) is 0 Å². The van der Waals surface area contributed by atoms with E-state index in [0.717, 1.165) is 0 Å². The lowest BCUT2D eigenvalue weighted by Crippen LogP contribution is -2.60. The Kier molecular flexibility index (Phi) is 6.27. The summed E-state index contributed by atoms with van der Waals surface area (Å²) in [6.07, 6.45) is -15.3. The first-order chi connectivity index (χ1) is 10.8. The highest BCUT2D eigenvalue weighted by Crippen LogP contribution is 2.29. The van der Waals surface area contributed by atoms with Gasteiger partial charge in [0.25, 0.3) is 0 Å². The van der Waals surface area contributed by atoms with Crippen molar-refractivity contribution >= 4 is 0 Å². The summed E-state index contributed by atoms with van der Waals surface area (Å²) in [6, 6.07) is 0. The van der Waals surface area contributed by atoms with Crippen molar-refractivity contribution in [3.8, 4) is 0 Å². The van der Waals surface area contributed by atoms with E-state index in [2.05, 4.69) is 0 Å². The molecule has 10 atom stereocenters. The van der Waals surface area contributed by atoms with Crippen molar-refractivity contribution in [1.82, 2.24) is 0 Å². The average Bonchev–Trinajstić information content (AvgIpc) is 2.82. The van der Waals surface area contributed by atoms with Gasteiger partial charge in [0.2, 0.25) is 0 Å². The summed E-state index contributed by atoms with van der Waals surface area (Å²) in [4.78, 5) is 0. The zero-order chi connectivity index (χ0) is 17.3. The van der Waals surface area contributed by atoms with E-state index in [1.54, 1.807) is 0 Å². The molecule has 11 heteroatoms. The molecule has 2 rings (SSSR count). The van der Waals surface area contributed by atoms with Gasteiger partial charge in [0.1, 0.15) is 48.8 Å². The third-order valence-electron chi connectivity index (χ3n) is 3.96. The molecule has 0 aromatic carbocycles. The largest absolute Gasteiger partial charge is 0.394 e. The summed E-state index contributed by atoms with van der Waals surface area (Å²) in [5.74, 6) is 0. The van der Waals surface area contributed by atoms with Crippen LogP contribution in [0.3, 0.4) is 0 Å². The normalized spacial score (nSPS) is 49.3. The molecule has 0 aromatic heterocycles. The zero-order valence-corrected chi connectivity index (χ0v) is 12.0. The number of ether oxygens (including phenoxy) is 3. The Bertz CT molecular complexity index is 380. The van der Waals surface area contributed by atoms with Crippen LogP contribution in [0.15, 0.2) is 0 Å². The minimum absolute atomic E-state index is 0.664. The highest BCUT2D eigenvalue weighted by atomic mass is 16.7. The molecule has 0 spiro atoms. The molecule has 8 N–H and O–H groups in total. The topological polar surface area (TPSA) is 190 Å². The van der Waals surface area contributed by atoms with E-state index in [-0.39, 0.29) is 0 Å². The van der Waals surface area contributed by atoms with E-state index >= 15 is 0 Å². The van der Waals surface area contributed by atoms with Crippen molar-refractivity contribution in [2.75, 3.05) is 13.2 Å². The van der Waals surface area contributed by atoms with Crippen molar-refractivity contribution in [3.63, 3.8) is 0 Å². The SMILES string of the molecule is OC[C@@H](O)[C@@H]1O[C@@H](O)[C@H](O[C@H]2O[C@H](CO)[C@@H](O)[C@H](O)[C@H]2O)[C@H]1O. The number of hydrogen-bond donors (Lipinski definition) is 8. The van der Waals surface area contributed by atoms with Crippen molar-refractivity contribution in [3.05, 3.63) is 0 Å². The van der Waals surface area contributed by atoms with E-state index in [1.165, 1.54) is 0 Å². The molecule has 2 aliphatic rings. The second-order valence-corrected chi connectivity index (χ2v) is 5.53. The highest BCUT2D eigenvalue weighted by molar-refractivity contribution is 4.94. The molecule has 2 fully saturated rings. The average molecular weight is 342 g/mol. The summed E-state index contributed by atoms with van der Waals surface area (Å²) in [5.41, 5.74) is 0. The fourth-order valence-electron chi connectivity index (χ4n) is 2.58. The summed E-state index contributed by atoms with van der Waals surface area (Å²) in [6.45, 7) is -1.38. The smallest absolute Gasteiger partial charge is 0.187 e. The molecular weight excluding hydrogens is 320 g/mol. The van der Waals surface area contributed by atoms with Gasteiger partial charge in [0, 0.05) is 0 Å². The number of hydrogen-bond acceptors (Lipinski definition) is 11. The predicted molar refractivity (Wildman–Crippen MR) is 68.6 cm³/mol. The van der Waals surface area contributed by atoms with E-state index < -0.39 is 74.6 Å². The van der Waals surface area contributed by atoms with Gasteiger partial charge < -0.3 is 55.1 Å². The van der Waals surface area contributed by atoms with Crippen molar-refractivity contribution in [1.29, 1.82) is 0 Å². The molecule has 0 amide bonds. The maximum absolute atomic E-state index is 10.00. The number of aliphatic hydroxyl groups excluding tert-OH is 8. The summed E-state index contributed by atoms with van der Waals surface area (Å²) >= 11 is 0. The van der Waals surface area contributed by atoms with Crippen molar-refractivity contribution in [2.45, 2.75) is 61.4 Å². The molecule has 2 aliphatic heterocycles. The number of rotatable bonds is 5. The Morgan fingerprint density at radius 1 is 0.870 bits per heavy atom. The van der Waals surface area contributed by atoms with Gasteiger partial charge in [-0.1, -0.05) is 0 Å². The fraction of sp³-hybridized carbons (Fsp3) is 1.00. The summed E-state index contributed by atoms with van der Waals surface area (Å²) in [5, 5.41) is 76.3. The van der Waals surface area contributed by atoms with Crippen LogP contribution in [0, 0.1) is 0 Å². The van der Waals surface area contributed by atoms with E-state index in [1.807, 2.05) is 0 Å². The fourth-order valence-corrected chi connectivity index (χ4v) is 2.58. The Hall–Kier alpha value is -0.440. The lowest BCUT2D eigenvalue weighted by atomic mass is 9.99. The van der Waals surface area contributed by atoms with E-state index in [0.29, 0.717) is 0 Å². The molecule has 2 saturated heterocycles. The van der Waals surface area contributed by atoms with Crippen LogP contribution >= 0.6 is 0 Å². The Balaban J connectivity index is 2.05. The maximum atomic E-state index is 10.00. The first-order valence-electron chi connectivity index (χ1n) is 7.08. The predicted octanol–water partition coefficient (Wildman–Crippen LogP) is -5.40. The molecule has 0 aliphatic carbocycles. The van der Waals surface area contributed by atoms with Crippen LogP contribution in [0.5, 0.6) is 0 Å². The molecule has 2 heterocycles. The summed E-state index contributed by atoms with van der Waals surface area (Å²) < 4.78 is 15.2. The minimum Gasteiger partial charge on any atom is -0.394 e. The molecule has 0 unspecified atom stereocenters. The lowest BCUT2D eigenvalue weighted by molar-refractivity contribution is -0.324. The van der Waals surface area contributed by atoms with E-state index in [4.69, 9.17) is 24.4 Å². The monoisotopic (exact) mass is 342 g/mol. The van der Waals surface area contributed by atoms with Gasteiger partial charge in [0.15, 0.2) is 12.6 Å². The Morgan fingerprint density at radius 2 is 1.52 bits per heavy atom. The quantitative estimate of drug-likeness (QED) is 0.238. The van der Waals surface area contributed by atoms with E-state index in [9.17, 15) is 30.6 Å². The molecule has 0 saturated carbocycles. The lowest BCUT2D eigenvalue weighted by Gasteiger charge is -2.40. The van der Waals surface area contributed by atoms with Crippen LogP contribution in [0.2, 0.25) is 0 Å². The van der Waals surface area contributed by atoms with Crippen LogP contribution < -0.4 is 0 Å². The maximum Gasteiger partial charge on any atom is 0.187 e. The van der Waals surface area contributed by atoms with Gasteiger partial charge in [-0.05, 0) is 0 Å². The van der Waals surface area contributed by atoms with Crippen LogP contribution in [0.1, 0.15) is 0 Å². The molecule has 136 valence electrons. The first-order valence-corrected chi connectivity index (χ1v) is 7.08. The van der Waals surface area contributed by atoms with Gasteiger partial charge in [-0.25, -0.2) is 0 Å². The van der Waals surface area contributed by atoms with Crippen LogP contribution in [0.4, 0.5) is 0 Å². The Labute approximate surface area is 130 Å². The van der Waals surface area contributed by atoms with Crippen LogP contribution in [-0.4, -0.2) is 115 Å². The van der Waals surface area contributed by atoms with Crippen molar-refractivity contribution in [2.24, 2.45) is 0 Å².